The monoisotopic (exact) mass is 522 g/mol. The van der Waals surface area contributed by atoms with Crippen molar-refractivity contribution < 1.29 is 38.7 Å². The summed E-state index contributed by atoms with van der Waals surface area (Å²) in [5.74, 6) is -4.36. The number of unbranched alkanes of at least 4 members (excludes halogenated alkanes) is 1. The average Bonchev–Trinajstić information content (AvgIpc) is 2.85. The minimum absolute atomic E-state index is 0.0524. The molecule has 0 radical (unpaired) electrons. The Morgan fingerprint density at radius 3 is 2.57 bits per heavy atom. The normalized spacial score (nSPS) is 20.7. The maximum absolute atomic E-state index is 13.0. The van der Waals surface area contributed by atoms with Crippen molar-refractivity contribution in [2.45, 2.75) is 50.7 Å². The van der Waals surface area contributed by atoms with Crippen molar-refractivity contribution in [1.82, 2.24) is 21.3 Å². The smallest absolute Gasteiger partial charge is 0.322 e. The van der Waals surface area contributed by atoms with E-state index in [-0.39, 0.29) is 36.4 Å². The van der Waals surface area contributed by atoms with Crippen LogP contribution >= 0.6 is 0 Å². The van der Waals surface area contributed by atoms with E-state index < -0.39 is 59.2 Å². The first-order valence-corrected chi connectivity index (χ1v) is 11.6. The third-order valence-electron chi connectivity index (χ3n) is 5.45. The van der Waals surface area contributed by atoms with E-state index in [0.29, 0.717) is 19.4 Å². The highest BCUT2D eigenvalue weighted by Gasteiger charge is 2.30. The summed E-state index contributed by atoms with van der Waals surface area (Å²) in [6.45, 7) is 0.821. The number of ether oxygens (including phenoxy) is 1. The minimum Gasteiger partial charge on any atom is -0.493 e. The van der Waals surface area contributed by atoms with Gasteiger partial charge in [0, 0.05) is 18.6 Å². The molecule has 0 spiro atoms. The Labute approximate surface area is 211 Å². The van der Waals surface area contributed by atoms with Crippen LogP contribution in [0, 0.1) is 10.1 Å². The van der Waals surface area contributed by atoms with Gasteiger partial charge in [-0.1, -0.05) is 0 Å². The number of carboxylic acid groups (broad SMARTS) is 1. The number of carboxylic acids is 1. The molecule has 7 N–H and O–H groups in total. The standard InChI is InChI=1S/C22H30N6O9/c1-12-19(31)26-15(4-2-3-8-23)22(34)27-16(21(33)24-11-18(29)30)7-9-37-17-6-5-13(28(35)36)10-14(17)20(32)25-12/h5-6,10,12,15-16H,2-4,7-9,11,23H2,1H3,(H,24,33)(H,25,32)(H,26,31)(H,27,34)(H,29,30)/t12?,15-,16-/m0/s1. The Kier molecular flexibility index (Phi) is 10.7. The van der Waals surface area contributed by atoms with E-state index >= 15 is 0 Å². The Morgan fingerprint density at radius 2 is 1.92 bits per heavy atom. The number of nitro groups is 1. The van der Waals surface area contributed by atoms with Crippen LogP contribution in [0.4, 0.5) is 5.69 Å². The van der Waals surface area contributed by atoms with Gasteiger partial charge in [-0.25, -0.2) is 0 Å². The molecule has 1 aromatic rings. The zero-order chi connectivity index (χ0) is 27.5. The van der Waals surface area contributed by atoms with Gasteiger partial charge in [-0.3, -0.25) is 34.1 Å². The van der Waals surface area contributed by atoms with Crippen LogP contribution in [0.15, 0.2) is 18.2 Å². The van der Waals surface area contributed by atoms with Crippen LogP contribution in [0.1, 0.15) is 43.0 Å². The van der Waals surface area contributed by atoms with E-state index in [2.05, 4.69) is 21.3 Å². The fraction of sp³-hybridized carbons (Fsp3) is 0.500. The molecule has 0 fully saturated rings. The zero-order valence-corrected chi connectivity index (χ0v) is 20.2. The molecule has 15 heteroatoms. The molecular weight excluding hydrogens is 492 g/mol. The van der Waals surface area contributed by atoms with Crippen LogP contribution < -0.4 is 31.7 Å². The molecule has 1 aliphatic rings. The number of benzene rings is 1. The summed E-state index contributed by atoms with van der Waals surface area (Å²) in [5.41, 5.74) is 4.92. The van der Waals surface area contributed by atoms with Crippen molar-refractivity contribution in [1.29, 1.82) is 0 Å². The SMILES string of the molecule is CC1NC(=O)c2cc([N+](=O)[O-])ccc2OCC[C@@H](C(=O)NCC(=O)O)NC(=O)[C@H](CCCCN)NC1=O. The molecule has 1 heterocycles. The lowest BCUT2D eigenvalue weighted by atomic mass is 10.1. The summed E-state index contributed by atoms with van der Waals surface area (Å²) in [6, 6.07) is -0.134. The van der Waals surface area contributed by atoms with Crippen LogP contribution in [0.2, 0.25) is 0 Å². The number of nitrogens with one attached hydrogen (secondary N) is 4. The van der Waals surface area contributed by atoms with Crippen molar-refractivity contribution in [2.75, 3.05) is 19.7 Å². The Balaban J connectivity index is 2.40. The highest BCUT2D eigenvalue weighted by molar-refractivity contribution is 6.01. The third-order valence-corrected chi connectivity index (χ3v) is 5.45. The first kappa shape index (κ1) is 29.0. The minimum atomic E-state index is -1.29. The van der Waals surface area contributed by atoms with Gasteiger partial charge in [0.15, 0.2) is 0 Å². The number of nitro benzene ring substituents is 1. The second kappa shape index (κ2) is 13.7. The highest BCUT2D eigenvalue weighted by Crippen LogP contribution is 2.25. The van der Waals surface area contributed by atoms with E-state index in [1.54, 1.807) is 0 Å². The summed E-state index contributed by atoms with van der Waals surface area (Å²) in [4.78, 5) is 72.6. The number of amides is 4. The van der Waals surface area contributed by atoms with Crippen LogP contribution in [0.5, 0.6) is 5.75 Å². The lowest BCUT2D eigenvalue weighted by Crippen LogP contribution is -2.56. The molecule has 0 bridgehead atoms. The summed E-state index contributed by atoms with van der Waals surface area (Å²) in [7, 11) is 0. The van der Waals surface area contributed by atoms with Gasteiger partial charge >= 0.3 is 5.97 Å². The Bertz CT molecular complexity index is 1050. The van der Waals surface area contributed by atoms with E-state index in [1.165, 1.54) is 13.0 Å². The van der Waals surface area contributed by atoms with Crippen molar-refractivity contribution in [2.24, 2.45) is 5.73 Å². The fourth-order valence-electron chi connectivity index (χ4n) is 3.45. The summed E-state index contributed by atoms with van der Waals surface area (Å²) >= 11 is 0. The van der Waals surface area contributed by atoms with Crippen molar-refractivity contribution in [3.8, 4) is 5.75 Å². The number of non-ortho nitro benzene ring substituents is 1. The van der Waals surface area contributed by atoms with Crippen molar-refractivity contribution in [3.63, 3.8) is 0 Å². The number of nitrogens with two attached hydrogens (primary N) is 1. The van der Waals surface area contributed by atoms with Crippen LogP contribution in [0.3, 0.4) is 0 Å². The van der Waals surface area contributed by atoms with Gasteiger partial charge in [0.1, 0.15) is 30.4 Å². The van der Waals surface area contributed by atoms with E-state index in [9.17, 15) is 34.1 Å². The number of nitrogens with zero attached hydrogens (tertiary/aromatic N) is 1. The van der Waals surface area contributed by atoms with E-state index in [1.807, 2.05) is 0 Å². The Morgan fingerprint density at radius 1 is 1.19 bits per heavy atom. The van der Waals surface area contributed by atoms with E-state index in [4.69, 9.17) is 15.6 Å². The molecule has 4 amide bonds. The second-order valence-electron chi connectivity index (χ2n) is 8.29. The summed E-state index contributed by atoms with van der Waals surface area (Å²) < 4.78 is 5.60. The van der Waals surface area contributed by atoms with Crippen molar-refractivity contribution >= 4 is 35.3 Å². The van der Waals surface area contributed by atoms with Gasteiger partial charge in [-0.05, 0) is 38.8 Å². The number of hydrogen-bond donors (Lipinski definition) is 6. The first-order valence-electron chi connectivity index (χ1n) is 11.6. The number of hydrogen-bond acceptors (Lipinski definition) is 9. The Hall–Kier alpha value is -4.27. The predicted octanol–water partition coefficient (Wildman–Crippen LogP) is -1.20. The number of carbonyl (C=O) groups excluding carboxylic acids is 4. The largest absolute Gasteiger partial charge is 0.493 e. The molecule has 0 saturated carbocycles. The molecular formula is C22H30N6O9. The molecule has 15 nitrogen and oxygen atoms in total. The van der Waals surface area contributed by atoms with Gasteiger partial charge in [-0.2, -0.15) is 0 Å². The molecule has 3 atom stereocenters. The van der Waals surface area contributed by atoms with Gasteiger partial charge < -0.3 is 36.8 Å². The quantitative estimate of drug-likeness (QED) is 0.135. The number of rotatable bonds is 8. The fourth-order valence-corrected chi connectivity index (χ4v) is 3.45. The summed E-state index contributed by atoms with van der Waals surface area (Å²) in [5, 5.41) is 29.8. The zero-order valence-electron chi connectivity index (χ0n) is 20.2. The first-order chi connectivity index (χ1) is 17.5. The van der Waals surface area contributed by atoms with Gasteiger partial charge in [0.05, 0.1) is 17.1 Å². The van der Waals surface area contributed by atoms with Gasteiger partial charge in [-0.15, -0.1) is 0 Å². The molecule has 1 aromatic carbocycles. The molecule has 0 aliphatic carbocycles. The molecule has 202 valence electrons. The number of carbonyl (C=O) groups is 5. The maximum Gasteiger partial charge on any atom is 0.322 e. The van der Waals surface area contributed by atoms with Crippen LogP contribution in [-0.4, -0.2) is 77.4 Å². The van der Waals surface area contributed by atoms with Crippen LogP contribution in [0.25, 0.3) is 0 Å². The average molecular weight is 523 g/mol. The van der Waals surface area contributed by atoms with Gasteiger partial charge in [0.25, 0.3) is 11.6 Å². The van der Waals surface area contributed by atoms with Gasteiger partial charge in [0.2, 0.25) is 17.7 Å². The molecule has 0 aromatic heterocycles. The lowest BCUT2D eigenvalue weighted by Gasteiger charge is -2.25. The third kappa shape index (κ3) is 8.71. The second-order valence-corrected chi connectivity index (χ2v) is 8.29. The predicted molar refractivity (Wildman–Crippen MR) is 128 cm³/mol. The summed E-state index contributed by atoms with van der Waals surface area (Å²) in [6.07, 6.45) is 1.09. The topological polar surface area (TPSA) is 232 Å². The molecule has 37 heavy (non-hydrogen) atoms. The number of fused-ring (bicyclic) bond motifs is 1. The molecule has 2 rings (SSSR count). The molecule has 0 saturated heterocycles. The number of aliphatic carboxylic acids is 1. The molecule has 1 aliphatic heterocycles. The highest BCUT2D eigenvalue weighted by atomic mass is 16.6. The van der Waals surface area contributed by atoms with Crippen LogP contribution in [-0.2, 0) is 19.2 Å². The van der Waals surface area contributed by atoms with Crippen molar-refractivity contribution in [3.05, 3.63) is 33.9 Å². The van der Waals surface area contributed by atoms with E-state index in [0.717, 1.165) is 12.1 Å². The maximum atomic E-state index is 13.0. The molecule has 1 unspecified atom stereocenters. The lowest BCUT2D eigenvalue weighted by molar-refractivity contribution is -0.384.